The van der Waals surface area contributed by atoms with E-state index < -0.39 is 11.8 Å². The number of aromatic nitrogens is 3. The number of nitrogen functional groups attached to an aromatic ring is 1. The Morgan fingerprint density at radius 1 is 1.35 bits per heavy atom. The van der Waals surface area contributed by atoms with Crippen molar-refractivity contribution in [3.63, 3.8) is 0 Å². The third-order valence-corrected chi connectivity index (χ3v) is 7.77. The van der Waals surface area contributed by atoms with Gasteiger partial charge in [-0.25, -0.2) is 14.6 Å². The minimum atomic E-state index is -1.02. The van der Waals surface area contributed by atoms with Crippen molar-refractivity contribution in [3.8, 4) is 12.3 Å². The number of nitrogens with one attached hydrogen (secondary N) is 2. The Morgan fingerprint density at radius 3 is 2.81 bits per heavy atom. The molecule has 3 aliphatic rings. The van der Waals surface area contributed by atoms with Gasteiger partial charge in [0.15, 0.2) is 5.60 Å². The summed E-state index contributed by atoms with van der Waals surface area (Å²) in [4.78, 5) is 30.6. The number of hydrogen-bond donors (Lipinski definition) is 3. The van der Waals surface area contributed by atoms with Gasteiger partial charge in [-0.15, -0.1) is 6.42 Å². The number of halogens is 1. The lowest BCUT2D eigenvalue weighted by Crippen LogP contribution is -2.34. The molecule has 1 unspecified atom stereocenters. The molecule has 3 aliphatic heterocycles. The summed E-state index contributed by atoms with van der Waals surface area (Å²) in [5.41, 5.74) is 5.43. The molecule has 2 amide bonds. The number of carbonyl (C=O) groups is 2. The first-order valence-corrected chi connectivity index (χ1v) is 13.8. The zero-order valence-corrected chi connectivity index (χ0v) is 22.1. The molecule has 3 saturated heterocycles. The van der Waals surface area contributed by atoms with Crippen molar-refractivity contribution in [1.29, 1.82) is 0 Å². The Labute approximate surface area is 224 Å². The van der Waals surface area contributed by atoms with Crippen LogP contribution in [0.5, 0.6) is 0 Å². The van der Waals surface area contributed by atoms with Crippen LogP contribution in [0.4, 0.5) is 15.4 Å². The molecule has 5 rings (SSSR count). The molecule has 4 atom stereocenters. The number of fused-ring (bicyclic) bond motifs is 2. The van der Waals surface area contributed by atoms with Crippen molar-refractivity contribution in [3.05, 3.63) is 17.5 Å². The number of nitrogens with two attached hydrogens (primary N) is 1. The summed E-state index contributed by atoms with van der Waals surface area (Å²) in [5, 5.41) is 6.42. The number of nitrogens with zero attached hydrogens (tertiary/aromatic N) is 3. The van der Waals surface area contributed by atoms with Crippen molar-refractivity contribution < 1.29 is 23.8 Å². The Kier molecular flexibility index (Phi) is 8.89. The summed E-state index contributed by atoms with van der Waals surface area (Å²) >= 11 is 7.82. The molecule has 37 heavy (non-hydrogen) atoms. The highest BCUT2D eigenvalue weighted by molar-refractivity contribution is 7.99. The van der Waals surface area contributed by atoms with Crippen LogP contribution in [0.1, 0.15) is 45.3 Å². The molecule has 2 aromatic rings. The molecule has 0 radical (unpaired) electrons. The largest absolute Gasteiger partial charge is 0.508 e. The maximum Gasteiger partial charge on any atom is 0.508 e. The maximum atomic E-state index is 11.8. The van der Waals surface area contributed by atoms with Crippen LogP contribution >= 0.6 is 23.4 Å². The summed E-state index contributed by atoms with van der Waals surface area (Å²) in [7, 11) is 0. The Hall–Kier alpha value is -2.88. The van der Waals surface area contributed by atoms with Crippen LogP contribution < -0.4 is 16.4 Å². The second-order valence-corrected chi connectivity index (χ2v) is 10.5. The summed E-state index contributed by atoms with van der Waals surface area (Å²) in [5.74, 6) is 5.06. The highest BCUT2D eigenvalue weighted by Gasteiger charge is 2.41. The fraction of sp³-hybridized carbons (Fsp3) is 0.583. The summed E-state index contributed by atoms with van der Waals surface area (Å²) in [6, 6.07) is 2.61. The zero-order valence-electron chi connectivity index (χ0n) is 20.6. The molecule has 2 aromatic heterocycles. The van der Waals surface area contributed by atoms with Crippen molar-refractivity contribution in [1.82, 2.24) is 25.2 Å². The molecule has 13 heteroatoms. The van der Waals surface area contributed by atoms with Crippen LogP contribution in [-0.4, -0.2) is 69.1 Å². The number of amides is 2. The molecule has 0 aromatic carbocycles. The van der Waals surface area contributed by atoms with Crippen LogP contribution in [0.3, 0.4) is 0 Å². The maximum absolute atomic E-state index is 11.8. The molecule has 200 valence electrons. The van der Waals surface area contributed by atoms with Gasteiger partial charge in [-0.05, 0) is 36.9 Å². The van der Waals surface area contributed by atoms with Gasteiger partial charge < -0.3 is 35.1 Å². The van der Waals surface area contributed by atoms with Gasteiger partial charge in [-0.2, -0.15) is 16.7 Å². The van der Waals surface area contributed by atoms with E-state index in [9.17, 15) is 9.59 Å². The van der Waals surface area contributed by atoms with E-state index >= 15 is 0 Å². The monoisotopic (exact) mass is 550 g/mol. The minimum Gasteiger partial charge on any atom is -0.434 e. The first-order chi connectivity index (χ1) is 17.8. The molecule has 5 heterocycles. The van der Waals surface area contributed by atoms with Crippen molar-refractivity contribution in [2.75, 3.05) is 30.5 Å². The molecule has 0 aliphatic carbocycles. The molecule has 0 saturated carbocycles. The zero-order chi connectivity index (χ0) is 26.4. The predicted octanol–water partition coefficient (Wildman–Crippen LogP) is 3.47. The standard InChI is InChI=1S/C19H23ClN4O4.C5H8N2OS/c1-3-5-6-11-26-18(25)27-12-19(4-2)9-7-14(28-19)24-10-8-13-15(21)22-17(20)23-16(13)24;8-5-6-3-1-9-2-4(3)7-5/h2,8,10,14H,3,5-7,9,11-12H2,1H3,(H2,21,22,23);3-4H,1-2H2,(H2,6,7,8)/t14-,19+;3-,4?/m10/s1. The Morgan fingerprint density at radius 2 is 2.11 bits per heavy atom. The molecular weight excluding hydrogens is 520 g/mol. The first kappa shape index (κ1) is 27.2. The van der Waals surface area contributed by atoms with E-state index in [1.165, 1.54) is 0 Å². The van der Waals surface area contributed by atoms with E-state index in [-0.39, 0.29) is 24.1 Å². The van der Waals surface area contributed by atoms with E-state index in [2.05, 4.69) is 33.4 Å². The average Bonchev–Trinajstić information content (AvgIpc) is 3.64. The second kappa shape index (κ2) is 12.1. The van der Waals surface area contributed by atoms with Gasteiger partial charge in [-0.3, -0.25) is 0 Å². The second-order valence-electron chi connectivity index (χ2n) is 9.05. The number of urea groups is 1. The van der Waals surface area contributed by atoms with Crippen molar-refractivity contribution >= 4 is 52.4 Å². The number of unbranched alkanes of at least 4 members (excludes halogenated alkanes) is 2. The number of carbonyl (C=O) groups excluding carboxylic acids is 2. The lowest BCUT2D eigenvalue weighted by Gasteiger charge is -2.23. The van der Waals surface area contributed by atoms with Gasteiger partial charge >= 0.3 is 12.2 Å². The summed E-state index contributed by atoms with van der Waals surface area (Å²) in [6.45, 7) is 2.32. The number of hydrogen-bond acceptors (Lipinski definition) is 9. The van der Waals surface area contributed by atoms with Gasteiger partial charge in [0.05, 0.1) is 24.1 Å². The van der Waals surface area contributed by atoms with E-state index in [1.54, 1.807) is 16.8 Å². The van der Waals surface area contributed by atoms with Gasteiger partial charge in [0.25, 0.3) is 0 Å². The van der Waals surface area contributed by atoms with E-state index in [1.807, 2.05) is 11.8 Å². The van der Waals surface area contributed by atoms with Gasteiger partial charge in [0.2, 0.25) is 5.28 Å². The molecule has 11 nitrogen and oxygen atoms in total. The number of rotatable bonds is 7. The SMILES string of the molecule is C#C[C@@]1(COC(=O)OCCCCC)CC[C@H](n2ccc3c(N)nc(Cl)nc32)O1.O=C1NC2CSC[C@@H]2N1. The normalized spacial score (nSPS) is 26.0. The molecule has 3 fully saturated rings. The summed E-state index contributed by atoms with van der Waals surface area (Å²) < 4.78 is 18.1. The van der Waals surface area contributed by atoms with E-state index in [0.29, 0.717) is 48.4 Å². The van der Waals surface area contributed by atoms with Crippen LogP contribution in [0.2, 0.25) is 5.28 Å². The lowest BCUT2D eigenvalue weighted by atomic mass is 10.0. The number of ether oxygens (including phenoxy) is 3. The van der Waals surface area contributed by atoms with E-state index in [4.69, 9.17) is 38.0 Å². The van der Waals surface area contributed by atoms with Gasteiger partial charge in [-0.1, -0.05) is 25.7 Å². The molecule has 0 bridgehead atoms. The minimum absolute atomic E-state index is 0.00491. The van der Waals surface area contributed by atoms with E-state index in [0.717, 1.165) is 30.8 Å². The van der Waals surface area contributed by atoms with Gasteiger partial charge in [0, 0.05) is 17.7 Å². The first-order valence-electron chi connectivity index (χ1n) is 12.2. The third kappa shape index (κ3) is 6.52. The average molecular weight is 551 g/mol. The molecule has 4 N–H and O–H groups in total. The Balaban J connectivity index is 0.000000295. The highest BCUT2D eigenvalue weighted by atomic mass is 35.5. The quantitative estimate of drug-likeness (QED) is 0.155. The fourth-order valence-corrected chi connectivity index (χ4v) is 5.83. The fourth-order valence-electron chi connectivity index (χ4n) is 4.39. The Bertz CT molecular complexity index is 1160. The topological polar surface area (TPSA) is 143 Å². The predicted molar refractivity (Wildman–Crippen MR) is 141 cm³/mol. The molecule has 0 spiro atoms. The summed E-state index contributed by atoms with van der Waals surface area (Å²) in [6.07, 6.45) is 10.3. The van der Waals surface area contributed by atoms with Crippen LogP contribution in [0, 0.1) is 12.3 Å². The third-order valence-electron chi connectivity index (χ3n) is 6.41. The van der Waals surface area contributed by atoms with Crippen LogP contribution in [0.25, 0.3) is 11.0 Å². The van der Waals surface area contributed by atoms with Crippen LogP contribution in [-0.2, 0) is 14.2 Å². The lowest BCUT2D eigenvalue weighted by molar-refractivity contribution is -0.0730. The number of anilines is 1. The van der Waals surface area contributed by atoms with Crippen molar-refractivity contribution in [2.24, 2.45) is 0 Å². The van der Waals surface area contributed by atoms with Crippen molar-refractivity contribution in [2.45, 2.75) is 62.9 Å². The number of thioether (sulfide) groups is 1. The van der Waals surface area contributed by atoms with Crippen LogP contribution in [0.15, 0.2) is 12.3 Å². The smallest absolute Gasteiger partial charge is 0.434 e. The van der Waals surface area contributed by atoms with Gasteiger partial charge in [0.1, 0.15) is 24.3 Å². The number of terminal acetylenes is 1. The highest BCUT2D eigenvalue weighted by Crippen LogP contribution is 2.38. The molecular formula is C24H31ClN6O5S.